The minimum atomic E-state index is -0.970. The van der Waals surface area contributed by atoms with Gasteiger partial charge in [-0.1, -0.05) is 70.7 Å². The van der Waals surface area contributed by atoms with Crippen LogP contribution in [0.4, 0.5) is 5.69 Å². The molecule has 1 fully saturated rings. The van der Waals surface area contributed by atoms with Gasteiger partial charge in [-0.2, -0.15) is 0 Å². The molecule has 1 aliphatic heterocycles. The molecule has 0 radical (unpaired) electrons. The lowest BCUT2D eigenvalue weighted by Gasteiger charge is -2.27. The molecule has 3 atom stereocenters. The van der Waals surface area contributed by atoms with E-state index in [1.54, 1.807) is 36.1 Å². The zero-order valence-corrected chi connectivity index (χ0v) is 24.8. The van der Waals surface area contributed by atoms with Gasteiger partial charge in [-0.15, -0.1) is 0 Å². The van der Waals surface area contributed by atoms with Crippen LogP contribution in [0.5, 0.6) is 5.75 Å². The first-order chi connectivity index (χ1) is 19.5. The van der Waals surface area contributed by atoms with Crippen LogP contribution in [0.2, 0.25) is 0 Å². The quantitative estimate of drug-likeness (QED) is 0.290. The third kappa shape index (κ3) is 10.0. The Morgan fingerprint density at radius 1 is 1.17 bits per heavy atom. The minimum absolute atomic E-state index is 0.00405. The maximum absolute atomic E-state index is 13.6. The van der Waals surface area contributed by atoms with Gasteiger partial charge in [0.15, 0.2) is 0 Å². The van der Waals surface area contributed by atoms with E-state index in [0.717, 1.165) is 18.4 Å². The van der Waals surface area contributed by atoms with Gasteiger partial charge in [0.2, 0.25) is 11.8 Å². The van der Waals surface area contributed by atoms with Crippen molar-refractivity contribution in [3.05, 3.63) is 72.3 Å². The van der Waals surface area contributed by atoms with Crippen LogP contribution in [0.25, 0.3) is 0 Å². The maximum Gasteiger partial charge on any atom is 0.251 e. The molecule has 3 N–H and O–H groups in total. The number of hydrogen-bond donors (Lipinski definition) is 3. The molecule has 0 bridgehead atoms. The van der Waals surface area contributed by atoms with Crippen molar-refractivity contribution in [1.29, 1.82) is 0 Å². The smallest absolute Gasteiger partial charge is 0.251 e. The fourth-order valence-corrected chi connectivity index (χ4v) is 4.80. The molecule has 1 saturated heterocycles. The summed E-state index contributed by atoms with van der Waals surface area (Å²) in [6.45, 7) is 13.2. The molecule has 0 aliphatic carbocycles. The first-order valence-electron chi connectivity index (χ1n) is 14.5. The van der Waals surface area contributed by atoms with Crippen LogP contribution >= 0.6 is 0 Å². The summed E-state index contributed by atoms with van der Waals surface area (Å²) in [6.07, 6.45) is 3.28. The van der Waals surface area contributed by atoms with Gasteiger partial charge < -0.3 is 25.4 Å². The molecular formula is C33H45N3O5. The molecule has 222 valence electrons. The van der Waals surface area contributed by atoms with Crippen LogP contribution in [-0.2, 0) is 16.0 Å². The number of aliphatic hydroxyl groups excluding tert-OH is 1. The molecule has 41 heavy (non-hydrogen) atoms. The second-order valence-electron chi connectivity index (χ2n) is 12.0. The van der Waals surface area contributed by atoms with Crippen molar-refractivity contribution in [2.75, 3.05) is 24.6 Å². The summed E-state index contributed by atoms with van der Waals surface area (Å²) >= 11 is 0. The largest absolute Gasteiger partial charge is 0.489 e. The maximum atomic E-state index is 13.6. The highest BCUT2D eigenvalue weighted by molar-refractivity contribution is 5.99. The first kappa shape index (κ1) is 31.9. The monoisotopic (exact) mass is 563 g/mol. The van der Waals surface area contributed by atoms with Crippen molar-refractivity contribution in [1.82, 2.24) is 10.6 Å². The highest BCUT2D eigenvalue weighted by Crippen LogP contribution is 2.28. The Morgan fingerprint density at radius 3 is 2.54 bits per heavy atom. The van der Waals surface area contributed by atoms with E-state index in [1.165, 1.54) is 0 Å². The molecule has 1 heterocycles. The Bertz CT molecular complexity index is 1190. The van der Waals surface area contributed by atoms with Gasteiger partial charge in [-0.05, 0) is 48.8 Å². The molecule has 0 spiro atoms. The number of anilines is 1. The summed E-state index contributed by atoms with van der Waals surface area (Å²) < 4.78 is 5.73. The molecule has 8 heteroatoms. The van der Waals surface area contributed by atoms with Gasteiger partial charge in [0.05, 0.1) is 12.1 Å². The highest BCUT2D eigenvalue weighted by Gasteiger charge is 2.28. The molecule has 2 aromatic rings. The lowest BCUT2D eigenvalue weighted by molar-refractivity contribution is -0.125. The number of carbonyl (C=O) groups excluding carboxylic acids is 3. The molecular weight excluding hydrogens is 518 g/mol. The predicted octanol–water partition coefficient (Wildman–Crippen LogP) is 4.66. The summed E-state index contributed by atoms with van der Waals surface area (Å²) in [5.41, 5.74) is 1.97. The van der Waals surface area contributed by atoms with Gasteiger partial charge in [-0.3, -0.25) is 14.4 Å². The Hall–Kier alpha value is -3.65. The number of benzene rings is 2. The number of ether oxygens (including phenoxy) is 1. The number of amides is 3. The Kier molecular flexibility index (Phi) is 11.5. The SMILES string of the molecule is C=CCOc1cc(C(=O)N[C@@H](Cc2ccccc2)C(O)CC(C)C(=O)NCCC(C)(C)C)cc(N2CCCC2=O)c1. The van der Waals surface area contributed by atoms with Crippen LogP contribution in [-0.4, -0.2) is 54.7 Å². The molecule has 0 aromatic heterocycles. The molecule has 1 aliphatic rings. The zero-order chi connectivity index (χ0) is 30.0. The van der Waals surface area contributed by atoms with Gasteiger partial charge in [0.25, 0.3) is 5.91 Å². The zero-order valence-electron chi connectivity index (χ0n) is 24.8. The van der Waals surface area contributed by atoms with Crippen molar-refractivity contribution < 1.29 is 24.2 Å². The van der Waals surface area contributed by atoms with Crippen molar-refractivity contribution in [2.45, 2.75) is 71.9 Å². The van der Waals surface area contributed by atoms with Crippen LogP contribution < -0.4 is 20.3 Å². The number of hydrogen-bond acceptors (Lipinski definition) is 5. The van der Waals surface area contributed by atoms with E-state index < -0.39 is 24.0 Å². The van der Waals surface area contributed by atoms with Crippen LogP contribution in [0.3, 0.4) is 0 Å². The summed E-state index contributed by atoms with van der Waals surface area (Å²) in [5.74, 6) is -0.504. The van der Waals surface area contributed by atoms with Gasteiger partial charge in [-0.25, -0.2) is 0 Å². The third-order valence-corrected chi connectivity index (χ3v) is 7.20. The second kappa shape index (κ2) is 14.8. The van der Waals surface area contributed by atoms with E-state index in [2.05, 4.69) is 38.0 Å². The average molecular weight is 564 g/mol. The molecule has 2 unspecified atom stereocenters. The fourth-order valence-electron chi connectivity index (χ4n) is 4.80. The second-order valence-corrected chi connectivity index (χ2v) is 12.0. The van der Waals surface area contributed by atoms with Crippen molar-refractivity contribution in [3.8, 4) is 5.75 Å². The van der Waals surface area contributed by atoms with E-state index in [-0.39, 0.29) is 30.3 Å². The van der Waals surface area contributed by atoms with E-state index in [1.807, 2.05) is 30.3 Å². The Morgan fingerprint density at radius 2 is 1.90 bits per heavy atom. The Labute approximate surface area is 244 Å². The molecule has 2 aromatic carbocycles. The van der Waals surface area contributed by atoms with Crippen molar-refractivity contribution in [2.24, 2.45) is 11.3 Å². The number of rotatable bonds is 14. The standard InChI is InChI=1S/C33H45N3O5/c1-6-17-41-27-21-25(20-26(22-27)36-16-10-13-30(36)38)32(40)35-28(19-24-11-8-7-9-12-24)29(37)18-23(2)31(39)34-15-14-33(3,4)5/h6-9,11-12,20-23,28-29,37H,1,10,13-19H2,2-5H3,(H,34,39)(H,35,40)/t23?,28-,29?/m0/s1. The van der Waals surface area contributed by atoms with Crippen molar-refractivity contribution >= 4 is 23.4 Å². The van der Waals surface area contributed by atoms with Gasteiger partial charge in [0, 0.05) is 42.7 Å². The van der Waals surface area contributed by atoms with Crippen LogP contribution in [0.1, 0.15) is 69.3 Å². The minimum Gasteiger partial charge on any atom is -0.489 e. The van der Waals surface area contributed by atoms with E-state index in [0.29, 0.717) is 42.9 Å². The summed E-state index contributed by atoms with van der Waals surface area (Å²) in [5, 5.41) is 17.3. The molecule has 8 nitrogen and oxygen atoms in total. The summed E-state index contributed by atoms with van der Waals surface area (Å²) in [7, 11) is 0. The number of aliphatic hydroxyl groups is 1. The summed E-state index contributed by atoms with van der Waals surface area (Å²) in [4.78, 5) is 40.4. The van der Waals surface area contributed by atoms with Gasteiger partial charge >= 0.3 is 0 Å². The summed E-state index contributed by atoms with van der Waals surface area (Å²) in [6, 6.07) is 14.0. The predicted molar refractivity (Wildman–Crippen MR) is 162 cm³/mol. The van der Waals surface area contributed by atoms with Crippen LogP contribution in [0, 0.1) is 11.3 Å². The molecule has 3 rings (SSSR count). The van der Waals surface area contributed by atoms with Crippen LogP contribution in [0.15, 0.2) is 61.2 Å². The van der Waals surface area contributed by atoms with E-state index in [4.69, 9.17) is 4.74 Å². The lowest BCUT2D eigenvalue weighted by Crippen LogP contribution is -2.46. The number of nitrogens with one attached hydrogen (secondary N) is 2. The average Bonchev–Trinajstić information content (AvgIpc) is 3.36. The fraction of sp³-hybridized carbons (Fsp3) is 0.485. The highest BCUT2D eigenvalue weighted by atomic mass is 16.5. The number of carbonyl (C=O) groups is 3. The molecule has 3 amide bonds. The Balaban J connectivity index is 1.78. The molecule has 0 saturated carbocycles. The number of nitrogens with zero attached hydrogens (tertiary/aromatic N) is 1. The van der Waals surface area contributed by atoms with E-state index in [9.17, 15) is 19.5 Å². The van der Waals surface area contributed by atoms with Gasteiger partial charge in [0.1, 0.15) is 12.4 Å². The third-order valence-electron chi connectivity index (χ3n) is 7.20. The first-order valence-corrected chi connectivity index (χ1v) is 14.5. The lowest BCUT2D eigenvalue weighted by atomic mass is 9.91. The van der Waals surface area contributed by atoms with E-state index >= 15 is 0 Å². The topological polar surface area (TPSA) is 108 Å². The van der Waals surface area contributed by atoms with Crippen molar-refractivity contribution in [3.63, 3.8) is 0 Å². The normalized spacial score (nSPS) is 15.6.